The molecule has 1 saturated heterocycles. The van der Waals surface area contributed by atoms with Crippen LogP contribution in [-0.4, -0.2) is 92.8 Å². The van der Waals surface area contributed by atoms with Gasteiger partial charge in [-0.15, -0.1) is 0 Å². The molecule has 0 aliphatic carbocycles. The molecule has 0 radical (unpaired) electrons. The summed E-state index contributed by atoms with van der Waals surface area (Å²) in [5.41, 5.74) is -3.40. The van der Waals surface area contributed by atoms with Crippen molar-refractivity contribution in [2.45, 2.75) is 43.5 Å². The Morgan fingerprint density at radius 3 is 2.48 bits per heavy atom. The normalized spacial score (nSPS) is 22.4. The highest BCUT2D eigenvalue weighted by Gasteiger charge is 2.49. The highest BCUT2D eigenvalue weighted by Crippen LogP contribution is 2.32. The number of aromatic amines is 1. The van der Waals surface area contributed by atoms with Crippen LogP contribution in [0.25, 0.3) is 0 Å². The predicted molar refractivity (Wildman–Crippen MR) is 128 cm³/mol. The molecule has 1 aliphatic heterocycles. The first-order valence-electron chi connectivity index (χ1n) is 11.5. The van der Waals surface area contributed by atoms with Gasteiger partial charge in [-0.25, -0.2) is 19.2 Å². The molecule has 6 atom stereocenters. The number of halogens is 1. The first kappa shape index (κ1) is 31.6. The van der Waals surface area contributed by atoms with Crippen LogP contribution in [0.1, 0.15) is 11.7 Å². The molecule has 228 valence electrons. The number of amides is 1. The number of nitrogens with one attached hydrogen (secondary N) is 2. The first-order chi connectivity index (χ1) is 19.8. The molecule has 0 unspecified atom stereocenters. The molecule has 1 aromatic carbocycles. The number of hydrogen-bond acceptors (Lipinski definition) is 15. The van der Waals surface area contributed by atoms with E-state index in [9.17, 15) is 53.8 Å². The molecule has 0 spiro atoms. The summed E-state index contributed by atoms with van der Waals surface area (Å²) in [4.78, 5) is 71.9. The molecule has 2 heterocycles. The number of carbonyl (C=O) groups is 3. The van der Waals surface area contributed by atoms with E-state index in [0.717, 1.165) is 26.4 Å². The Hall–Kier alpha value is -4.92. The number of aliphatic hydroxyl groups excluding tert-OH is 3. The zero-order valence-corrected chi connectivity index (χ0v) is 21.5. The number of nitro benzene ring substituents is 1. The molecule has 1 aromatic heterocycles. The number of H-pyrrole nitrogens is 1. The van der Waals surface area contributed by atoms with E-state index in [4.69, 9.17) is 14.2 Å². The largest absolute Gasteiger partial charge is 0.467 e. The Labute approximate surface area is 232 Å². The topological polar surface area (TPSA) is 268 Å². The van der Waals surface area contributed by atoms with Crippen LogP contribution in [0, 0.1) is 15.9 Å². The van der Waals surface area contributed by atoms with Gasteiger partial charge in [0.25, 0.3) is 5.56 Å². The van der Waals surface area contributed by atoms with Crippen molar-refractivity contribution in [3.8, 4) is 5.75 Å². The lowest BCUT2D eigenvalue weighted by atomic mass is 9.99. The molecule has 1 fully saturated rings. The summed E-state index contributed by atoms with van der Waals surface area (Å²) < 4.78 is 38.3. The average molecular weight is 602 g/mol. The van der Waals surface area contributed by atoms with Crippen molar-refractivity contribution in [1.29, 1.82) is 0 Å². The van der Waals surface area contributed by atoms with Crippen molar-refractivity contribution in [3.05, 3.63) is 66.7 Å². The number of hydrogen-bond donors (Lipinski definition) is 5. The van der Waals surface area contributed by atoms with Crippen LogP contribution in [-0.2, 0) is 35.1 Å². The lowest BCUT2D eigenvalue weighted by molar-refractivity contribution is -0.387. The van der Waals surface area contributed by atoms with E-state index in [1.165, 1.54) is 6.07 Å². The molecular weight excluding hydrogens is 579 g/mol. The summed E-state index contributed by atoms with van der Waals surface area (Å²) in [5.74, 6) is -4.34. The summed E-state index contributed by atoms with van der Waals surface area (Å²) in [6.45, 7) is -0.659. The van der Waals surface area contributed by atoms with Crippen LogP contribution >= 0.6 is 0 Å². The second kappa shape index (κ2) is 13.2. The van der Waals surface area contributed by atoms with Gasteiger partial charge in [0.15, 0.2) is 11.9 Å². The first-order valence-corrected chi connectivity index (χ1v) is 11.5. The highest BCUT2D eigenvalue weighted by molar-refractivity contribution is 5.79. The molecular formula is C22H23FN4O15. The maximum Gasteiger partial charge on any atom is 0.409 e. The number of nitrogens with zero attached hydrogens (tertiary/aromatic N) is 2. The summed E-state index contributed by atoms with van der Waals surface area (Å²) in [6, 6.07) is 3.07. The Morgan fingerprint density at radius 2 is 1.86 bits per heavy atom. The van der Waals surface area contributed by atoms with Crippen molar-refractivity contribution in [2.75, 3.05) is 14.2 Å². The number of methoxy groups -OCH3 is 2. The monoisotopic (exact) mass is 602 g/mol. The molecule has 0 saturated carbocycles. The number of aromatic nitrogens is 2. The predicted octanol–water partition coefficient (Wildman–Crippen LogP) is -2.46. The third kappa shape index (κ3) is 6.86. The van der Waals surface area contributed by atoms with Crippen LogP contribution in [0.4, 0.5) is 14.9 Å². The quantitative estimate of drug-likeness (QED) is 0.0862. The van der Waals surface area contributed by atoms with Crippen LogP contribution in [0.2, 0.25) is 0 Å². The van der Waals surface area contributed by atoms with E-state index in [-0.39, 0.29) is 5.56 Å². The number of esters is 2. The van der Waals surface area contributed by atoms with Gasteiger partial charge in [-0.05, 0) is 11.6 Å². The average Bonchev–Trinajstić information content (AvgIpc) is 2.96. The van der Waals surface area contributed by atoms with E-state index in [1.807, 2.05) is 5.32 Å². The lowest BCUT2D eigenvalue weighted by Crippen LogP contribution is -2.61. The van der Waals surface area contributed by atoms with Gasteiger partial charge in [0, 0.05) is 6.07 Å². The fourth-order valence-electron chi connectivity index (χ4n) is 3.58. The molecule has 0 bridgehead atoms. The number of rotatable bonds is 9. The van der Waals surface area contributed by atoms with Gasteiger partial charge in [-0.3, -0.25) is 29.8 Å². The van der Waals surface area contributed by atoms with Gasteiger partial charge in [0.05, 0.1) is 25.3 Å². The van der Waals surface area contributed by atoms with Gasteiger partial charge >= 0.3 is 29.4 Å². The summed E-state index contributed by atoms with van der Waals surface area (Å²) in [6.07, 6.45) is -12.4. The van der Waals surface area contributed by atoms with E-state index in [1.54, 1.807) is 4.98 Å². The smallest absolute Gasteiger partial charge is 0.409 e. The Bertz CT molecular complexity index is 1480. The van der Waals surface area contributed by atoms with Crippen LogP contribution in [0.5, 0.6) is 5.75 Å². The standard InChI is InChI=1S/C22H23FN4O15/c1-38-18(32)15-13(29)12(28)14(30)20(42-15)41-11-4-3-8(5-10(11)27(36)37)7-40-22(35)24-16(19(33)39-2)26-6-9(23)17(31)25-21(26)34/h3-6,12-16,20,28-30H,7H2,1-2H3,(H,24,35)(H,25,31,34)/t12-,13-,14+,15-,16+,20+/m0/s1. The summed E-state index contributed by atoms with van der Waals surface area (Å²) in [5, 5.41) is 43.8. The number of nitro groups is 1. The van der Waals surface area contributed by atoms with Gasteiger partial charge in [-0.2, -0.15) is 4.39 Å². The Morgan fingerprint density at radius 1 is 1.17 bits per heavy atom. The third-order valence-electron chi connectivity index (χ3n) is 5.72. The minimum absolute atomic E-state index is 0.0147. The second-order valence-electron chi connectivity index (χ2n) is 8.39. The van der Waals surface area contributed by atoms with Crippen LogP contribution in [0.3, 0.4) is 0 Å². The van der Waals surface area contributed by atoms with Crippen LogP contribution < -0.4 is 21.3 Å². The number of benzene rings is 1. The van der Waals surface area contributed by atoms with E-state index < -0.39 is 94.9 Å². The van der Waals surface area contributed by atoms with Gasteiger partial charge in [0.2, 0.25) is 18.3 Å². The second-order valence-corrected chi connectivity index (χ2v) is 8.39. The van der Waals surface area contributed by atoms with Crippen molar-refractivity contribution < 1.29 is 62.7 Å². The van der Waals surface area contributed by atoms with E-state index >= 15 is 0 Å². The zero-order chi connectivity index (χ0) is 31.3. The third-order valence-corrected chi connectivity index (χ3v) is 5.72. The van der Waals surface area contributed by atoms with Crippen molar-refractivity contribution in [2.24, 2.45) is 0 Å². The molecule has 2 aromatic rings. The number of alkyl carbamates (subject to hydrolysis) is 1. The lowest BCUT2D eigenvalue weighted by Gasteiger charge is -2.38. The zero-order valence-electron chi connectivity index (χ0n) is 21.5. The van der Waals surface area contributed by atoms with Gasteiger partial charge in [0.1, 0.15) is 24.9 Å². The summed E-state index contributed by atoms with van der Waals surface area (Å²) in [7, 11) is 1.87. The van der Waals surface area contributed by atoms with Gasteiger partial charge in [-0.1, -0.05) is 6.07 Å². The molecule has 1 amide bonds. The van der Waals surface area contributed by atoms with Gasteiger partial charge < -0.3 is 39.0 Å². The number of ether oxygens (including phenoxy) is 5. The van der Waals surface area contributed by atoms with E-state index in [0.29, 0.717) is 10.8 Å². The molecule has 19 nitrogen and oxygen atoms in total. The Kier molecular flexibility index (Phi) is 9.90. The van der Waals surface area contributed by atoms with E-state index in [2.05, 4.69) is 9.47 Å². The number of aliphatic hydroxyl groups is 3. The SMILES string of the molecule is COC(=O)[C@H]1O[C@@H](Oc2ccc(COC(=O)N[C@@H](C(=O)OC)n3cc(F)c(=O)[nH]c3=O)cc2[N+](=O)[O-])[C@H](O)[C@@H](O)[C@@H]1O. The maximum absolute atomic E-state index is 13.7. The van der Waals surface area contributed by atoms with Crippen LogP contribution in [0.15, 0.2) is 34.0 Å². The number of carbonyl (C=O) groups excluding carboxylic acids is 3. The molecule has 20 heteroatoms. The molecule has 42 heavy (non-hydrogen) atoms. The molecule has 3 rings (SSSR count). The fraction of sp³-hybridized carbons (Fsp3) is 0.409. The molecule has 5 N–H and O–H groups in total. The van der Waals surface area contributed by atoms with Crippen molar-refractivity contribution in [3.63, 3.8) is 0 Å². The van der Waals surface area contributed by atoms with Crippen molar-refractivity contribution in [1.82, 2.24) is 14.9 Å². The highest BCUT2D eigenvalue weighted by atomic mass is 19.1. The molecule has 1 aliphatic rings. The minimum atomic E-state index is -1.98. The van der Waals surface area contributed by atoms with Crippen molar-refractivity contribution >= 4 is 23.7 Å². The summed E-state index contributed by atoms with van der Waals surface area (Å²) >= 11 is 0. The minimum Gasteiger partial charge on any atom is -0.467 e. The Balaban J connectivity index is 1.75. The maximum atomic E-state index is 13.7. The fourth-order valence-corrected chi connectivity index (χ4v) is 3.58.